The van der Waals surface area contributed by atoms with E-state index in [9.17, 15) is 4.79 Å². The lowest BCUT2D eigenvalue weighted by Crippen LogP contribution is -2.40. The third-order valence-electron chi connectivity index (χ3n) is 2.37. The Balaban J connectivity index is 2.66. The molecule has 0 heterocycles. The van der Waals surface area contributed by atoms with Crippen LogP contribution in [0.5, 0.6) is 0 Å². The normalized spacial score (nSPS) is 12.1. The zero-order valence-electron chi connectivity index (χ0n) is 8.63. The van der Waals surface area contributed by atoms with Gasteiger partial charge in [0.15, 0.2) is 0 Å². The van der Waals surface area contributed by atoms with Crippen LogP contribution in [0.1, 0.15) is 5.56 Å². The largest absolute Gasteiger partial charge is 0.465 e. The van der Waals surface area contributed by atoms with Crippen molar-refractivity contribution < 1.29 is 15.0 Å². The van der Waals surface area contributed by atoms with Gasteiger partial charge in [0, 0.05) is 7.05 Å². The van der Waals surface area contributed by atoms with Crippen LogP contribution in [0.4, 0.5) is 4.79 Å². The fourth-order valence-corrected chi connectivity index (χ4v) is 1.37. The minimum absolute atomic E-state index is 0.169. The van der Waals surface area contributed by atoms with Gasteiger partial charge in [0.1, 0.15) is 0 Å². The van der Waals surface area contributed by atoms with E-state index in [2.05, 4.69) is 0 Å². The molecule has 82 valence electrons. The summed E-state index contributed by atoms with van der Waals surface area (Å²) < 4.78 is 0. The number of carboxylic acid groups (broad SMARTS) is 1. The van der Waals surface area contributed by atoms with Crippen molar-refractivity contribution in [1.82, 2.24) is 4.90 Å². The second-order valence-corrected chi connectivity index (χ2v) is 3.42. The molecule has 4 nitrogen and oxygen atoms in total. The quantitative estimate of drug-likeness (QED) is 0.783. The minimum atomic E-state index is -1.02. The fraction of sp³-hybridized carbons (Fsp3) is 0.364. The van der Waals surface area contributed by atoms with Gasteiger partial charge in [0.05, 0.1) is 12.6 Å². The first-order valence-corrected chi connectivity index (χ1v) is 4.75. The molecule has 0 aliphatic carbocycles. The van der Waals surface area contributed by atoms with Gasteiger partial charge < -0.3 is 15.1 Å². The van der Waals surface area contributed by atoms with E-state index in [-0.39, 0.29) is 12.6 Å². The predicted molar refractivity (Wildman–Crippen MR) is 56.8 cm³/mol. The summed E-state index contributed by atoms with van der Waals surface area (Å²) in [6, 6.07) is 9.13. The Morgan fingerprint density at radius 2 is 2.00 bits per heavy atom. The molecule has 1 rings (SSSR count). The van der Waals surface area contributed by atoms with Crippen LogP contribution in [-0.4, -0.2) is 40.9 Å². The van der Waals surface area contributed by atoms with E-state index in [1.807, 2.05) is 30.3 Å². The summed E-state index contributed by atoms with van der Waals surface area (Å²) in [5.74, 6) is 0. The molecule has 1 aromatic carbocycles. The second-order valence-electron chi connectivity index (χ2n) is 3.42. The highest BCUT2D eigenvalue weighted by Gasteiger charge is 2.18. The zero-order chi connectivity index (χ0) is 11.3. The van der Waals surface area contributed by atoms with Crippen molar-refractivity contribution in [2.24, 2.45) is 0 Å². The molecule has 1 atom stereocenters. The molecule has 4 heteroatoms. The third-order valence-corrected chi connectivity index (χ3v) is 2.37. The SMILES string of the molecule is CN(C(=O)O)[C@@H](CO)Cc1ccccc1. The van der Waals surface area contributed by atoms with Crippen molar-refractivity contribution in [1.29, 1.82) is 0 Å². The molecule has 0 aliphatic rings. The Hall–Kier alpha value is -1.55. The van der Waals surface area contributed by atoms with E-state index < -0.39 is 6.09 Å². The van der Waals surface area contributed by atoms with Crippen LogP contribution in [0.15, 0.2) is 30.3 Å². The Morgan fingerprint density at radius 3 is 2.47 bits per heavy atom. The molecule has 0 bridgehead atoms. The van der Waals surface area contributed by atoms with Gasteiger partial charge in [0.25, 0.3) is 0 Å². The molecule has 0 unspecified atom stereocenters. The highest BCUT2D eigenvalue weighted by atomic mass is 16.4. The fourth-order valence-electron chi connectivity index (χ4n) is 1.37. The number of hydrogen-bond donors (Lipinski definition) is 2. The molecule has 0 spiro atoms. The number of hydrogen-bond acceptors (Lipinski definition) is 2. The third kappa shape index (κ3) is 3.25. The number of carbonyl (C=O) groups is 1. The van der Waals surface area contributed by atoms with Crippen LogP contribution in [0.3, 0.4) is 0 Å². The van der Waals surface area contributed by atoms with Crippen LogP contribution in [-0.2, 0) is 6.42 Å². The van der Waals surface area contributed by atoms with Crippen molar-refractivity contribution >= 4 is 6.09 Å². The van der Waals surface area contributed by atoms with Crippen molar-refractivity contribution in [3.63, 3.8) is 0 Å². The van der Waals surface area contributed by atoms with Crippen molar-refractivity contribution in [2.45, 2.75) is 12.5 Å². The summed E-state index contributed by atoms with van der Waals surface area (Å²) in [7, 11) is 1.46. The van der Waals surface area contributed by atoms with Crippen molar-refractivity contribution in [3.05, 3.63) is 35.9 Å². The standard InChI is InChI=1S/C11H15NO3/c1-12(11(14)15)10(8-13)7-9-5-3-2-4-6-9/h2-6,10,13H,7-8H2,1H3,(H,14,15)/t10-/m1/s1. The van der Waals surface area contributed by atoms with Gasteiger partial charge in [-0.1, -0.05) is 30.3 Å². The van der Waals surface area contributed by atoms with E-state index >= 15 is 0 Å². The number of amides is 1. The molecular weight excluding hydrogens is 194 g/mol. The number of aliphatic hydroxyl groups excluding tert-OH is 1. The van der Waals surface area contributed by atoms with E-state index in [4.69, 9.17) is 10.2 Å². The highest BCUT2D eigenvalue weighted by Crippen LogP contribution is 2.07. The van der Waals surface area contributed by atoms with Gasteiger partial charge in [-0.15, -0.1) is 0 Å². The molecule has 0 saturated heterocycles. The summed E-state index contributed by atoms with van der Waals surface area (Å²) in [5, 5.41) is 17.9. The second kappa shape index (κ2) is 5.36. The average molecular weight is 209 g/mol. The van der Waals surface area contributed by atoms with Gasteiger partial charge in [-0.05, 0) is 12.0 Å². The van der Waals surface area contributed by atoms with Crippen LogP contribution >= 0.6 is 0 Å². The van der Waals surface area contributed by atoms with Crippen LogP contribution < -0.4 is 0 Å². The molecule has 0 radical (unpaired) electrons. The molecule has 1 amide bonds. The van der Waals surface area contributed by atoms with E-state index in [1.165, 1.54) is 7.05 Å². The number of aliphatic hydroxyl groups is 1. The Morgan fingerprint density at radius 1 is 1.40 bits per heavy atom. The summed E-state index contributed by atoms with van der Waals surface area (Å²) in [5.41, 5.74) is 1.02. The lowest BCUT2D eigenvalue weighted by atomic mass is 10.1. The van der Waals surface area contributed by atoms with Gasteiger partial charge in [0.2, 0.25) is 0 Å². The molecule has 0 saturated carbocycles. The Kier molecular flexibility index (Phi) is 4.12. The lowest BCUT2D eigenvalue weighted by molar-refractivity contribution is 0.112. The van der Waals surface area contributed by atoms with Gasteiger partial charge >= 0.3 is 6.09 Å². The number of rotatable bonds is 4. The molecule has 0 fully saturated rings. The highest BCUT2D eigenvalue weighted by molar-refractivity contribution is 5.65. The maximum atomic E-state index is 10.7. The van der Waals surface area contributed by atoms with E-state index in [1.54, 1.807) is 0 Å². The topological polar surface area (TPSA) is 60.8 Å². The first-order valence-electron chi connectivity index (χ1n) is 4.75. The van der Waals surface area contributed by atoms with Crippen molar-refractivity contribution in [3.8, 4) is 0 Å². The smallest absolute Gasteiger partial charge is 0.407 e. The van der Waals surface area contributed by atoms with Crippen LogP contribution in [0.2, 0.25) is 0 Å². The zero-order valence-corrected chi connectivity index (χ0v) is 8.63. The maximum absolute atomic E-state index is 10.7. The number of benzene rings is 1. The monoisotopic (exact) mass is 209 g/mol. The van der Waals surface area contributed by atoms with Gasteiger partial charge in [-0.2, -0.15) is 0 Å². The summed E-state index contributed by atoms with van der Waals surface area (Å²) in [6.45, 7) is -0.169. The number of likely N-dealkylation sites (N-methyl/N-ethyl adjacent to an activating group) is 1. The molecular formula is C11H15NO3. The summed E-state index contributed by atoms with van der Waals surface area (Å²) >= 11 is 0. The molecule has 0 aliphatic heterocycles. The van der Waals surface area contributed by atoms with Crippen LogP contribution in [0.25, 0.3) is 0 Å². The Bertz CT molecular complexity index is 313. The lowest BCUT2D eigenvalue weighted by Gasteiger charge is -2.23. The first-order chi connectivity index (χ1) is 7.15. The van der Waals surface area contributed by atoms with Crippen LogP contribution in [0, 0.1) is 0 Å². The minimum Gasteiger partial charge on any atom is -0.465 e. The average Bonchev–Trinajstić information content (AvgIpc) is 2.26. The first kappa shape index (κ1) is 11.5. The van der Waals surface area contributed by atoms with Gasteiger partial charge in [-0.3, -0.25) is 0 Å². The van der Waals surface area contributed by atoms with Crippen molar-refractivity contribution in [2.75, 3.05) is 13.7 Å². The maximum Gasteiger partial charge on any atom is 0.407 e. The summed E-state index contributed by atoms with van der Waals surface area (Å²) in [4.78, 5) is 11.8. The molecule has 0 aromatic heterocycles. The van der Waals surface area contributed by atoms with E-state index in [0.717, 1.165) is 10.5 Å². The molecule has 15 heavy (non-hydrogen) atoms. The summed E-state index contributed by atoms with van der Waals surface area (Å²) in [6.07, 6.45) is -0.495. The predicted octanol–water partition coefficient (Wildman–Crippen LogP) is 1.20. The van der Waals surface area contributed by atoms with Gasteiger partial charge in [-0.25, -0.2) is 4.79 Å². The molecule has 1 aromatic rings. The van der Waals surface area contributed by atoms with E-state index in [0.29, 0.717) is 6.42 Å². The number of nitrogens with zero attached hydrogens (tertiary/aromatic N) is 1. The Labute approximate surface area is 88.8 Å². The molecule has 2 N–H and O–H groups in total.